The van der Waals surface area contributed by atoms with Crippen LogP contribution in [0.4, 0.5) is 5.69 Å². The number of nitrogens with two attached hydrogens (primary N) is 1. The third-order valence-electron chi connectivity index (χ3n) is 4.49. The number of para-hydroxylation sites is 1. The molecule has 0 aromatic heterocycles. The van der Waals surface area contributed by atoms with Crippen molar-refractivity contribution in [3.05, 3.63) is 52.6 Å². The van der Waals surface area contributed by atoms with Gasteiger partial charge in [-0.15, -0.1) is 0 Å². The minimum absolute atomic E-state index is 0.0619. The van der Waals surface area contributed by atoms with E-state index in [-0.39, 0.29) is 36.0 Å². The summed E-state index contributed by atoms with van der Waals surface area (Å²) in [5.41, 5.74) is 4.74. The van der Waals surface area contributed by atoms with Crippen molar-refractivity contribution in [2.24, 2.45) is 5.73 Å². The summed E-state index contributed by atoms with van der Waals surface area (Å²) in [6.07, 6.45) is 0. The first-order valence-corrected chi connectivity index (χ1v) is 8.54. The minimum atomic E-state index is -1.80. The van der Waals surface area contributed by atoms with E-state index >= 15 is 0 Å². The van der Waals surface area contributed by atoms with Gasteiger partial charge in [-0.05, 0) is 26.8 Å². The summed E-state index contributed by atoms with van der Waals surface area (Å²) in [5, 5.41) is 2.72. The molecule has 8 heteroatoms. The standard InChI is InChI=1S/C19H20N2O6/c1-4-25-16(22)13-10(3)27-15(20)14(17(23)26-5-2)19(13)11-8-6-7-9-12(11)21-18(19)24/h6-9H,4-5,20H2,1-3H3,(H,21,24). The van der Waals surface area contributed by atoms with Gasteiger partial charge in [0.2, 0.25) is 11.8 Å². The molecule has 1 aromatic carbocycles. The topological polar surface area (TPSA) is 117 Å². The zero-order valence-corrected chi connectivity index (χ0v) is 15.3. The van der Waals surface area contributed by atoms with Crippen molar-refractivity contribution >= 4 is 23.5 Å². The van der Waals surface area contributed by atoms with Crippen molar-refractivity contribution in [3.63, 3.8) is 0 Å². The van der Waals surface area contributed by atoms with E-state index in [1.165, 1.54) is 6.92 Å². The number of benzene rings is 1. The molecule has 1 spiro atoms. The Kier molecular flexibility index (Phi) is 4.65. The van der Waals surface area contributed by atoms with Crippen molar-refractivity contribution in [1.82, 2.24) is 0 Å². The second-order valence-electron chi connectivity index (χ2n) is 5.96. The van der Waals surface area contributed by atoms with Gasteiger partial charge in [0.05, 0.1) is 13.2 Å². The Morgan fingerprint density at radius 3 is 2.33 bits per heavy atom. The summed E-state index contributed by atoms with van der Waals surface area (Å²) in [6, 6.07) is 6.76. The summed E-state index contributed by atoms with van der Waals surface area (Å²) in [5.74, 6) is -2.40. The number of hydrogen-bond acceptors (Lipinski definition) is 7. The highest BCUT2D eigenvalue weighted by Gasteiger charge is 2.61. The van der Waals surface area contributed by atoms with Gasteiger partial charge in [0.25, 0.3) is 0 Å². The fourth-order valence-corrected chi connectivity index (χ4v) is 3.55. The van der Waals surface area contributed by atoms with Gasteiger partial charge in [-0.25, -0.2) is 9.59 Å². The molecule has 0 fully saturated rings. The van der Waals surface area contributed by atoms with Crippen LogP contribution in [-0.4, -0.2) is 31.1 Å². The summed E-state index contributed by atoms with van der Waals surface area (Å²) >= 11 is 0. The van der Waals surface area contributed by atoms with Crippen molar-refractivity contribution in [3.8, 4) is 0 Å². The molecule has 0 saturated heterocycles. The number of amides is 1. The van der Waals surface area contributed by atoms with E-state index in [4.69, 9.17) is 19.9 Å². The first-order chi connectivity index (χ1) is 12.9. The molecule has 0 bridgehead atoms. The van der Waals surface area contributed by atoms with E-state index in [2.05, 4.69) is 5.32 Å². The van der Waals surface area contributed by atoms with Gasteiger partial charge in [0, 0.05) is 11.3 Å². The predicted molar refractivity (Wildman–Crippen MR) is 95.0 cm³/mol. The first-order valence-electron chi connectivity index (χ1n) is 8.54. The van der Waals surface area contributed by atoms with Crippen LogP contribution in [0.1, 0.15) is 26.3 Å². The third-order valence-corrected chi connectivity index (χ3v) is 4.49. The summed E-state index contributed by atoms with van der Waals surface area (Å²) < 4.78 is 15.7. The Balaban J connectivity index is 2.37. The van der Waals surface area contributed by atoms with Gasteiger partial charge in [0.1, 0.15) is 22.3 Å². The zero-order valence-electron chi connectivity index (χ0n) is 15.3. The van der Waals surface area contributed by atoms with Gasteiger partial charge >= 0.3 is 11.9 Å². The lowest BCUT2D eigenvalue weighted by Crippen LogP contribution is -2.48. The summed E-state index contributed by atoms with van der Waals surface area (Å²) in [6.45, 7) is 4.91. The van der Waals surface area contributed by atoms with E-state index in [9.17, 15) is 14.4 Å². The Labute approximate surface area is 155 Å². The molecular formula is C19H20N2O6. The molecule has 1 amide bonds. The average molecular weight is 372 g/mol. The highest BCUT2D eigenvalue weighted by atomic mass is 16.5. The van der Waals surface area contributed by atoms with Gasteiger partial charge in [-0.1, -0.05) is 18.2 Å². The number of anilines is 1. The number of ether oxygens (including phenoxy) is 3. The molecule has 3 N–H and O–H groups in total. The Bertz CT molecular complexity index is 859. The predicted octanol–water partition coefficient (Wildman–Crippen LogP) is 1.48. The maximum Gasteiger partial charge on any atom is 0.341 e. The van der Waals surface area contributed by atoms with Crippen LogP contribution in [0.2, 0.25) is 0 Å². The summed E-state index contributed by atoms with van der Waals surface area (Å²) in [7, 11) is 0. The molecule has 142 valence electrons. The average Bonchev–Trinajstić information content (AvgIpc) is 2.88. The third kappa shape index (κ3) is 2.56. The molecule has 2 aliphatic heterocycles. The highest BCUT2D eigenvalue weighted by Crippen LogP contribution is 2.52. The van der Waals surface area contributed by atoms with Gasteiger partial charge in [-0.2, -0.15) is 0 Å². The number of carbonyl (C=O) groups is 3. The second kappa shape index (κ2) is 6.79. The normalized spacial score (nSPS) is 20.9. The number of esters is 2. The van der Waals surface area contributed by atoms with E-state index in [0.29, 0.717) is 11.3 Å². The maximum absolute atomic E-state index is 13.2. The number of rotatable bonds is 4. The SMILES string of the molecule is CCOC(=O)C1=C(C)OC(N)=C(C(=O)OCC)C12C(=O)Nc1ccccc12. The first kappa shape index (κ1) is 18.5. The van der Waals surface area contributed by atoms with Crippen LogP contribution < -0.4 is 11.1 Å². The van der Waals surface area contributed by atoms with E-state index in [0.717, 1.165) is 0 Å². The van der Waals surface area contributed by atoms with Crippen LogP contribution in [-0.2, 0) is 34.0 Å². The fourth-order valence-electron chi connectivity index (χ4n) is 3.55. The lowest BCUT2D eigenvalue weighted by atomic mass is 9.67. The Morgan fingerprint density at radius 1 is 1.11 bits per heavy atom. The molecule has 2 aliphatic rings. The van der Waals surface area contributed by atoms with Gasteiger partial charge < -0.3 is 25.3 Å². The molecule has 27 heavy (non-hydrogen) atoms. The zero-order chi connectivity index (χ0) is 19.8. The van der Waals surface area contributed by atoms with Crippen molar-refractivity contribution in [2.75, 3.05) is 18.5 Å². The van der Waals surface area contributed by atoms with Crippen LogP contribution in [0.3, 0.4) is 0 Å². The fraction of sp³-hybridized carbons (Fsp3) is 0.316. The van der Waals surface area contributed by atoms with Gasteiger partial charge in [-0.3, -0.25) is 4.79 Å². The number of nitrogens with one attached hydrogen (secondary N) is 1. The van der Waals surface area contributed by atoms with Crippen LogP contribution in [0.15, 0.2) is 47.1 Å². The van der Waals surface area contributed by atoms with Crippen molar-refractivity contribution in [1.29, 1.82) is 0 Å². The molecule has 1 unspecified atom stereocenters. The van der Waals surface area contributed by atoms with Crippen LogP contribution >= 0.6 is 0 Å². The van der Waals surface area contributed by atoms with Crippen LogP contribution in [0.25, 0.3) is 0 Å². The lowest BCUT2D eigenvalue weighted by Gasteiger charge is -2.35. The quantitative estimate of drug-likeness (QED) is 0.769. The van der Waals surface area contributed by atoms with Crippen molar-refractivity contribution in [2.45, 2.75) is 26.2 Å². The Morgan fingerprint density at radius 2 is 1.70 bits per heavy atom. The lowest BCUT2D eigenvalue weighted by molar-refractivity contribution is -0.143. The number of hydrogen-bond donors (Lipinski definition) is 2. The smallest absolute Gasteiger partial charge is 0.341 e. The van der Waals surface area contributed by atoms with Crippen LogP contribution in [0.5, 0.6) is 0 Å². The van der Waals surface area contributed by atoms with E-state index < -0.39 is 23.3 Å². The molecule has 0 saturated carbocycles. The number of carbonyl (C=O) groups excluding carboxylic acids is 3. The molecule has 0 radical (unpaired) electrons. The second-order valence-corrected chi connectivity index (χ2v) is 5.96. The summed E-state index contributed by atoms with van der Waals surface area (Å²) in [4.78, 5) is 38.8. The molecule has 8 nitrogen and oxygen atoms in total. The van der Waals surface area contributed by atoms with E-state index in [1.807, 2.05) is 0 Å². The molecule has 3 rings (SSSR count). The van der Waals surface area contributed by atoms with Crippen molar-refractivity contribution < 1.29 is 28.6 Å². The number of allylic oxidation sites excluding steroid dienone is 1. The monoisotopic (exact) mass is 372 g/mol. The molecule has 1 aromatic rings. The molecular weight excluding hydrogens is 352 g/mol. The van der Waals surface area contributed by atoms with E-state index in [1.54, 1.807) is 38.1 Å². The maximum atomic E-state index is 13.2. The number of fused-ring (bicyclic) bond motifs is 2. The largest absolute Gasteiger partial charge is 0.462 e. The highest BCUT2D eigenvalue weighted by molar-refractivity contribution is 6.21. The molecule has 1 atom stereocenters. The molecule has 0 aliphatic carbocycles. The molecule has 2 heterocycles. The van der Waals surface area contributed by atoms with Crippen LogP contribution in [0, 0.1) is 0 Å². The Hall–Kier alpha value is -3.29. The van der Waals surface area contributed by atoms with Gasteiger partial charge in [0.15, 0.2) is 0 Å². The minimum Gasteiger partial charge on any atom is -0.462 e.